The van der Waals surface area contributed by atoms with Crippen molar-refractivity contribution < 1.29 is 0 Å². The lowest BCUT2D eigenvalue weighted by molar-refractivity contribution is 1.29. The molecule has 0 N–H and O–H groups in total. The molecule has 0 unspecified atom stereocenters. The normalized spacial score (nSPS) is 16.8. The highest BCUT2D eigenvalue weighted by Crippen LogP contribution is 2.33. The van der Waals surface area contributed by atoms with Gasteiger partial charge in [-0.2, -0.15) is 0 Å². The zero-order valence-electron chi connectivity index (χ0n) is 20.0. The molecule has 0 spiro atoms. The average molecular weight is 459 g/mol. The first-order chi connectivity index (χ1) is 17.8. The van der Waals surface area contributed by atoms with Crippen LogP contribution in [0.25, 0.3) is 34.4 Å². The SMILES string of the molecule is [CH]1[CH][CH][C](c2ccc(-c3cccc(/C=C/c4cccc(-c5ccc([C]6[CH][CH][CH][CH]6)cc5)c4)c3)cc2)[CH]1. The molecule has 0 saturated heterocycles. The third-order valence-corrected chi connectivity index (χ3v) is 6.67. The van der Waals surface area contributed by atoms with Crippen LogP contribution in [0.1, 0.15) is 22.3 Å². The Morgan fingerprint density at radius 3 is 1.08 bits per heavy atom. The highest BCUT2D eigenvalue weighted by atomic mass is 14.2. The zero-order valence-corrected chi connectivity index (χ0v) is 20.0. The summed E-state index contributed by atoms with van der Waals surface area (Å²) in [6.45, 7) is 0. The van der Waals surface area contributed by atoms with Crippen molar-refractivity contribution in [3.63, 3.8) is 0 Å². The van der Waals surface area contributed by atoms with Gasteiger partial charge in [0.15, 0.2) is 0 Å². The molecule has 10 radical (unpaired) electrons. The quantitative estimate of drug-likeness (QED) is 0.254. The third kappa shape index (κ3) is 5.24. The highest BCUT2D eigenvalue weighted by molar-refractivity contribution is 5.76. The predicted octanol–water partition coefficient (Wildman–Crippen LogP) is 8.70. The first kappa shape index (κ1) is 23.0. The molecule has 2 aliphatic carbocycles. The minimum absolute atomic E-state index is 1.19. The van der Waals surface area contributed by atoms with Gasteiger partial charge in [0, 0.05) is 11.8 Å². The van der Waals surface area contributed by atoms with Crippen molar-refractivity contribution in [3.05, 3.63) is 183 Å². The molecule has 0 aromatic heterocycles. The molecule has 0 nitrogen and oxygen atoms in total. The number of rotatable bonds is 6. The molecule has 2 aliphatic rings. The molecule has 36 heavy (non-hydrogen) atoms. The lowest BCUT2D eigenvalue weighted by atomic mass is 9.94. The second kappa shape index (κ2) is 10.7. The van der Waals surface area contributed by atoms with Crippen molar-refractivity contribution in [3.8, 4) is 22.3 Å². The van der Waals surface area contributed by atoms with E-state index in [0.29, 0.717) is 0 Å². The van der Waals surface area contributed by atoms with E-state index in [2.05, 4.69) is 161 Å². The topological polar surface area (TPSA) is 0 Å². The van der Waals surface area contributed by atoms with Crippen molar-refractivity contribution in [1.29, 1.82) is 0 Å². The molecule has 170 valence electrons. The fraction of sp³-hybridized carbons (Fsp3) is 0. The van der Waals surface area contributed by atoms with Crippen molar-refractivity contribution in [1.82, 2.24) is 0 Å². The summed E-state index contributed by atoms with van der Waals surface area (Å²) in [5.41, 5.74) is 9.80. The lowest BCUT2D eigenvalue weighted by Gasteiger charge is -2.10. The summed E-state index contributed by atoms with van der Waals surface area (Å²) >= 11 is 0. The van der Waals surface area contributed by atoms with Crippen molar-refractivity contribution in [2.24, 2.45) is 0 Å². The highest BCUT2D eigenvalue weighted by Gasteiger charge is 2.19. The van der Waals surface area contributed by atoms with Gasteiger partial charge >= 0.3 is 0 Å². The smallest absolute Gasteiger partial charge is 0.0124 e. The maximum atomic E-state index is 2.25. The van der Waals surface area contributed by atoms with E-state index >= 15 is 0 Å². The Bertz CT molecular complexity index is 1210. The maximum Gasteiger partial charge on any atom is 0.0124 e. The van der Waals surface area contributed by atoms with Crippen LogP contribution in [0.2, 0.25) is 0 Å². The van der Waals surface area contributed by atoms with Gasteiger partial charge in [0.1, 0.15) is 0 Å². The molecule has 2 saturated carbocycles. The Morgan fingerprint density at radius 1 is 0.333 bits per heavy atom. The van der Waals surface area contributed by atoms with Crippen LogP contribution in [0.15, 0.2) is 97.1 Å². The summed E-state index contributed by atoms with van der Waals surface area (Å²) in [6.07, 6.45) is 21.3. The van der Waals surface area contributed by atoms with E-state index in [-0.39, 0.29) is 0 Å². The van der Waals surface area contributed by atoms with E-state index in [4.69, 9.17) is 0 Å². The third-order valence-electron chi connectivity index (χ3n) is 6.67. The predicted molar refractivity (Wildman–Crippen MR) is 152 cm³/mol. The van der Waals surface area contributed by atoms with Crippen LogP contribution in [0.4, 0.5) is 0 Å². The summed E-state index contributed by atoms with van der Waals surface area (Å²) in [5.74, 6) is 2.52. The fourth-order valence-corrected chi connectivity index (χ4v) is 4.68. The molecular formula is C36H26. The van der Waals surface area contributed by atoms with E-state index < -0.39 is 0 Å². The Balaban J connectivity index is 1.16. The standard InChI is InChI=1S/C36H26/c1-2-10-29(9-1)31-17-21-33(22-18-31)35-13-5-7-27(25-35)15-16-28-8-6-14-36(26-28)34-23-19-32(20-24-34)30-11-3-4-12-30/h1-26H/b16-15+. The lowest BCUT2D eigenvalue weighted by Crippen LogP contribution is -1.94. The van der Waals surface area contributed by atoms with Crippen LogP contribution >= 0.6 is 0 Å². The van der Waals surface area contributed by atoms with Crippen molar-refractivity contribution in [2.75, 3.05) is 0 Å². The summed E-state index contributed by atoms with van der Waals surface area (Å²) in [5, 5.41) is 0. The fourth-order valence-electron chi connectivity index (χ4n) is 4.68. The van der Waals surface area contributed by atoms with Gasteiger partial charge in [0.25, 0.3) is 0 Å². The molecule has 6 rings (SSSR count). The van der Waals surface area contributed by atoms with Crippen LogP contribution in [0.5, 0.6) is 0 Å². The summed E-state index contributed by atoms with van der Waals surface area (Å²) < 4.78 is 0. The molecular weight excluding hydrogens is 432 g/mol. The van der Waals surface area contributed by atoms with Gasteiger partial charge in [-0.15, -0.1) is 0 Å². The molecule has 2 fully saturated rings. The zero-order chi connectivity index (χ0) is 24.2. The van der Waals surface area contributed by atoms with Crippen molar-refractivity contribution in [2.45, 2.75) is 0 Å². The second-order valence-electron chi connectivity index (χ2n) is 9.09. The molecule has 0 amide bonds. The molecule has 4 aromatic rings. The minimum Gasteiger partial charge on any atom is -0.0611 e. The first-order valence-corrected chi connectivity index (χ1v) is 12.4. The summed E-state index contributed by atoms with van der Waals surface area (Å²) in [6, 6.07) is 35.0. The van der Waals surface area contributed by atoms with Gasteiger partial charge in [-0.25, -0.2) is 0 Å². The monoisotopic (exact) mass is 458 g/mol. The Labute approximate surface area is 216 Å². The largest absolute Gasteiger partial charge is 0.0611 e. The number of hydrogen-bond acceptors (Lipinski definition) is 0. The van der Waals surface area contributed by atoms with Crippen LogP contribution in [-0.2, 0) is 0 Å². The van der Waals surface area contributed by atoms with Gasteiger partial charge < -0.3 is 0 Å². The van der Waals surface area contributed by atoms with Gasteiger partial charge in [-0.1, -0.05) is 97.1 Å². The minimum atomic E-state index is 1.19. The molecule has 0 heteroatoms. The molecule has 0 bridgehead atoms. The van der Waals surface area contributed by atoms with Gasteiger partial charge in [0.2, 0.25) is 0 Å². The average Bonchev–Trinajstić information content (AvgIpc) is 3.68. The van der Waals surface area contributed by atoms with Crippen LogP contribution in [0.3, 0.4) is 0 Å². The van der Waals surface area contributed by atoms with E-state index in [1.165, 1.54) is 56.3 Å². The first-order valence-electron chi connectivity index (χ1n) is 12.4. The second-order valence-corrected chi connectivity index (χ2v) is 9.09. The van der Waals surface area contributed by atoms with Gasteiger partial charge in [-0.3, -0.25) is 0 Å². The Morgan fingerprint density at radius 2 is 0.694 bits per heavy atom. The summed E-state index contributed by atoms with van der Waals surface area (Å²) in [4.78, 5) is 0. The molecule has 0 aliphatic heterocycles. The molecule has 4 aromatic carbocycles. The van der Waals surface area contributed by atoms with Gasteiger partial charge in [0.05, 0.1) is 0 Å². The van der Waals surface area contributed by atoms with E-state index in [1.807, 2.05) is 0 Å². The number of hydrogen-bond donors (Lipinski definition) is 0. The Hall–Kier alpha value is -3.38. The maximum absolute atomic E-state index is 2.25. The van der Waals surface area contributed by atoms with Gasteiger partial charge in [-0.05, 0) is 108 Å². The number of benzene rings is 4. The van der Waals surface area contributed by atoms with Crippen LogP contribution in [-0.4, -0.2) is 0 Å². The Kier molecular flexibility index (Phi) is 6.85. The summed E-state index contributed by atoms with van der Waals surface area (Å²) in [7, 11) is 0. The van der Waals surface area contributed by atoms with E-state index in [9.17, 15) is 0 Å². The molecule has 0 heterocycles. The van der Waals surface area contributed by atoms with E-state index in [0.717, 1.165) is 0 Å². The van der Waals surface area contributed by atoms with E-state index in [1.54, 1.807) is 0 Å². The molecule has 0 atom stereocenters. The van der Waals surface area contributed by atoms with Crippen LogP contribution in [0, 0.1) is 63.2 Å². The van der Waals surface area contributed by atoms with Crippen molar-refractivity contribution >= 4 is 12.2 Å². The van der Waals surface area contributed by atoms with Crippen LogP contribution < -0.4 is 0 Å².